The van der Waals surface area contributed by atoms with Crippen LogP contribution in [0.1, 0.15) is 34.7 Å². The molecular weight excluding hydrogens is 300 g/mol. The van der Waals surface area contributed by atoms with Crippen LogP contribution < -0.4 is 15.4 Å². The maximum atomic E-state index is 12.2. The summed E-state index contributed by atoms with van der Waals surface area (Å²) in [6.45, 7) is 2.07. The van der Waals surface area contributed by atoms with Crippen LogP contribution in [0.5, 0.6) is 5.75 Å². The molecule has 1 aliphatic carbocycles. The first-order valence-corrected chi connectivity index (χ1v) is 8.21. The highest BCUT2D eigenvalue weighted by Gasteiger charge is 2.32. The molecule has 4 rings (SSSR count). The second kappa shape index (κ2) is 5.71. The van der Waals surface area contributed by atoms with Gasteiger partial charge in [-0.3, -0.25) is 0 Å². The summed E-state index contributed by atoms with van der Waals surface area (Å²) in [5.74, 6) is 0.888. The molecule has 0 spiro atoms. The Morgan fingerprint density at radius 2 is 1.88 bits per heavy atom. The van der Waals surface area contributed by atoms with E-state index >= 15 is 0 Å². The molecule has 1 unspecified atom stereocenters. The van der Waals surface area contributed by atoms with Crippen LogP contribution in [0.15, 0.2) is 48.0 Å². The molecule has 0 bridgehead atoms. The van der Waals surface area contributed by atoms with Crippen LogP contribution in [-0.4, -0.2) is 13.1 Å². The first-order valence-electron chi connectivity index (χ1n) is 8.21. The van der Waals surface area contributed by atoms with E-state index in [4.69, 9.17) is 4.74 Å². The SMILES string of the molecule is COc1cccc2c1CCC1=C2NC(=O)NC1c1ccc(C)cc1. The van der Waals surface area contributed by atoms with E-state index in [1.54, 1.807) is 7.11 Å². The predicted molar refractivity (Wildman–Crippen MR) is 93.8 cm³/mol. The van der Waals surface area contributed by atoms with Crippen molar-refractivity contribution in [3.63, 3.8) is 0 Å². The van der Waals surface area contributed by atoms with Crippen molar-refractivity contribution in [2.45, 2.75) is 25.8 Å². The predicted octanol–water partition coefficient (Wildman–Crippen LogP) is 3.72. The number of aryl methyl sites for hydroxylation is 1. The van der Waals surface area contributed by atoms with Crippen molar-refractivity contribution in [2.24, 2.45) is 0 Å². The number of carbonyl (C=O) groups is 1. The van der Waals surface area contributed by atoms with Gasteiger partial charge >= 0.3 is 6.03 Å². The van der Waals surface area contributed by atoms with Gasteiger partial charge in [-0.25, -0.2) is 4.79 Å². The Bertz CT molecular complexity index is 837. The second-order valence-corrected chi connectivity index (χ2v) is 6.33. The number of nitrogens with one attached hydrogen (secondary N) is 2. The average Bonchev–Trinajstić information content (AvgIpc) is 2.61. The van der Waals surface area contributed by atoms with Crippen molar-refractivity contribution in [2.75, 3.05) is 7.11 Å². The third-order valence-electron chi connectivity index (χ3n) is 4.86. The number of urea groups is 1. The van der Waals surface area contributed by atoms with Crippen LogP contribution in [0.25, 0.3) is 5.70 Å². The number of amides is 2. The van der Waals surface area contributed by atoms with Gasteiger partial charge < -0.3 is 15.4 Å². The monoisotopic (exact) mass is 320 g/mol. The van der Waals surface area contributed by atoms with E-state index in [1.807, 2.05) is 12.1 Å². The molecule has 24 heavy (non-hydrogen) atoms. The largest absolute Gasteiger partial charge is 0.496 e. The van der Waals surface area contributed by atoms with Crippen LogP contribution in [0.3, 0.4) is 0 Å². The van der Waals surface area contributed by atoms with Crippen LogP contribution in [0.4, 0.5) is 4.79 Å². The lowest BCUT2D eigenvalue weighted by atomic mass is 9.82. The number of methoxy groups -OCH3 is 1. The summed E-state index contributed by atoms with van der Waals surface area (Å²) in [5, 5.41) is 6.08. The molecule has 0 fully saturated rings. The van der Waals surface area contributed by atoms with Crippen molar-refractivity contribution in [3.8, 4) is 5.75 Å². The lowest BCUT2D eigenvalue weighted by Gasteiger charge is -2.34. The van der Waals surface area contributed by atoms with Gasteiger partial charge in [0.1, 0.15) is 5.75 Å². The fraction of sp³-hybridized carbons (Fsp3) is 0.250. The van der Waals surface area contributed by atoms with Crippen LogP contribution >= 0.6 is 0 Å². The smallest absolute Gasteiger partial charge is 0.319 e. The Labute approximate surface area is 141 Å². The molecule has 4 nitrogen and oxygen atoms in total. The standard InChI is InChI=1S/C20H20N2O2/c1-12-6-8-13(9-7-12)18-16-11-10-14-15(4-3-5-17(14)24-2)19(16)22-20(23)21-18/h3-9,18H,10-11H2,1-2H3,(H2,21,22,23). The van der Waals surface area contributed by atoms with E-state index in [0.717, 1.165) is 35.4 Å². The zero-order valence-electron chi connectivity index (χ0n) is 13.8. The van der Waals surface area contributed by atoms with Gasteiger partial charge in [-0.1, -0.05) is 42.0 Å². The first kappa shape index (κ1) is 14.8. The van der Waals surface area contributed by atoms with E-state index < -0.39 is 0 Å². The topological polar surface area (TPSA) is 50.4 Å². The van der Waals surface area contributed by atoms with E-state index in [1.165, 1.54) is 16.7 Å². The average molecular weight is 320 g/mol. The van der Waals surface area contributed by atoms with Gasteiger partial charge in [-0.2, -0.15) is 0 Å². The summed E-state index contributed by atoms with van der Waals surface area (Å²) in [5.41, 5.74) is 6.75. The fourth-order valence-electron chi connectivity index (χ4n) is 3.65. The molecule has 2 N–H and O–H groups in total. The number of hydrogen-bond donors (Lipinski definition) is 2. The maximum absolute atomic E-state index is 12.2. The summed E-state index contributed by atoms with van der Waals surface area (Å²) in [7, 11) is 1.69. The normalized spacial score (nSPS) is 19.1. The second-order valence-electron chi connectivity index (χ2n) is 6.33. The Kier molecular flexibility index (Phi) is 3.53. The molecule has 2 aliphatic rings. The fourth-order valence-corrected chi connectivity index (χ4v) is 3.65. The lowest BCUT2D eigenvalue weighted by molar-refractivity contribution is 0.240. The third-order valence-corrected chi connectivity index (χ3v) is 4.86. The molecule has 2 aromatic carbocycles. The number of carbonyl (C=O) groups excluding carboxylic acids is 1. The molecule has 0 saturated carbocycles. The highest BCUT2D eigenvalue weighted by atomic mass is 16.5. The molecule has 2 amide bonds. The first-order chi connectivity index (χ1) is 11.7. The molecule has 0 aromatic heterocycles. The number of rotatable bonds is 2. The summed E-state index contributed by atoms with van der Waals surface area (Å²) in [6, 6.07) is 14.1. The van der Waals surface area contributed by atoms with Gasteiger partial charge in [-0.15, -0.1) is 0 Å². The van der Waals surface area contributed by atoms with Crippen molar-refractivity contribution >= 4 is 11.7 Å². The number of benzene rings is 2. The zero-order valence-corrected chi connectivity index (χ0v) is 13.8. The molecule has 2 aromatic rings. The van der Waals surface area contributed by atoms with Gasteiger partial charge in [0.25, 0.3) is 0 Å². The van der Waals surface area contributed by atoms with Crippen molar-refractivity contribution in [3.05, 3.63) is 70.3 Å². The molecule has 122 valence electrons. The minimum atomic E-state index is -0.157. The molecule has 1 atom stereocenters. The molecule has 0 radical (unpaired) electrons. The maximum Gasteiger partial charge on any atom is 0.319 e. The quantitative estimate of drug-likeness (QED) is 0.886. The zero-order chi connectivity index (χ0) is 16.7. The van der Waals surface area contributed by atoms with Gasteiger partial charge in [0.15, 0.2) is 0 Å². The minimum Gasteiger partial charge on any atom is -0.496 e. The number of ether oxygens (including phenoxy) is 1. The Morgan fingerprint density at radius 3 is 2.62 bits per heavy atom. The van der Waals surface area contributed by atoms with E-state index in [9.17, 15) is 4.79 Å². The molecular formula is C20H20N2O2. The minimum absolute atomic E-state index is 0.0753. The van der Waals surface area contributed by atoms with Gasteiger partial charge in [0.05, 0.1) is 18.8 Å². The van der Waals surface area contributed by atoms with E-state index in [-0.39, 0.29) is 12.1 Å². The Morgan fingerprint density at radius 1 is 1.08 bits per heavy atom. The highest BCUT2D eigenvalue weighted by Crippen LogP contribution is 2.41. The van der Waals surface area contributed by atoms with Gasteiger partial charge in [0, 0.05) is 11.1 Å². The van der Waals surface area contributed by atoms with Gasteiger partial charge in [-0.05, 0) is 37.0 Å². The third kappa shape index (κ3) is 2.35. The van der Waals surface area contributed by atoms with Crippen LogP contribution in [0, 0.1) is 6.92 Å². The molecule has 1 aliphatic heterocycles. The highest BCUT2D eigenvalue weighted by molar-refractivity contribution is 5.92. The number of hydrogen-bond acceptors (Lipinski definition) is 2. The summed E-state index contributed by atoms with van der Waals surface area (Å²) >= 11 is 0. The van der Waals surface area contributed by atoms with Crippen molar-refractivity contribution < 1.29 is 9.53 Å². The van der Waals surface area contributed by atoms with Crippen molar-refractivity contribution in [1.29, 1.82) is 0 Å². The molecule has 1 heterocycles. The Balaban J connectivity index is 1.84. The van der Waals surface area contributed by atoms with E-state index in [2.05, 4.69) is 47.9 Å². The van der Waals surface area contributed by atoms with Crippen LogP contribution in [-0.2, 0) is 6.42 Å². The molecule has 4 heteroatoms. The van der Waals surface area contributed by atoms with E-state index in [0.29, 0.717) is 0 Å². The Hall–Kier alpha value is -2.75. The summed E-state index contributed by atoms with van der Waals surface area (Å²) in [6.07, 6.45) is 1.81. The summed E-state index contributed by atoms with van der Waals surface area (Å²) in [4.78, 5) is 12.2. The van der Waals surface area contributed by atoms with Crippen LogP contribution in [0.2, 0.25) is 0 Å². The van der Waals surface area contributed by atoms with Crippen molar-refractivity contribution in [1.82, 2.24) is 10.6 Å². The molecule has 0 saturated heterocycles. The number of fused-ring (bicyclic) bond motifs is 2. The lowest BCUT2D eigenvalue weighted by Crippen LogP contribution is -2.44. The van der Waals surface area contributed by atoms with Gasteiger partial charge in [0.2, 0.25) is 0 Å². The summed E-state index contributed by atoms with van der Waals surface area (Å²) < 4.78 is 5.49.